The van der Waals surface area contributed by atoms with E-state index in [1.807, 2.05) is 12.1 Å². The third-order valence-electron chi connectivity index (χ3n) is 3.63. The van der Waals surface area contributed by atoms with Gasteiger partial charge in [0.05, 0.1) is 34.4 Å². The summed E-state index contributed by atoms with van der Waals surface area (Å²) >= 11 is 0. The molecular formula is C17H15N5O3. The molecule has 3 aromatic rings. The van der Waals surface area contributed by atoms with Crippen LogP contribution in [0.1, 0.15) is 16.1 Å². The van der Waals surface area contributed by atoms with Crippen molar-refractivity contribution >= 4 is 28.3 Å². The number of anilines is 1. The predicted octanol–water partition coefficient (Wildman–Crippen LogP) is 2.51. The lowest BCUT2D eigenvalue weighted by atomic mass is 10.2. The molecule has 0 fully saturated rings. The number of nitrogens with one attached hydrogen (secondary N) is 2. The molecule has 0 saturated heterocycles. The van der Waals surface area contributed by atoms with Crippen LogP contribution in [0.2, 0.25) is 0 Å². The average Bonchev–Trinajstić information content (AvgIpc) is 2.65. The van der Waals surface area contributed by atoms with Gasteiger partial charge in [-0.25, -0.2) is 4.98 Å². The predicted molar refractivity (Wildman–Crippen MR) is 93.4 cm³/mol. The van der Waals surface area contributed by atoms with Crippen molar-refractivity contribution in [3.05, 3.63) is 70.0 Å². The van der Waals surface area contributed by atoms with Gasteiger partial charge < -0.3 is 10.6 Å². The van der Waals surface area contributed by atoms with Gasteiger partial charge in [0.25, 0.3) is 11.6 Å². The highest BCUT2D eigenvalue weighted by Gasteiger charge is 2.08. The molecule has 1 amide bonds. The standard InChI is InChI=1S/C17H15N5O3/c1-18-17(23)11-2-4-12(5-3-11)19-9-13-10-20-16-8-14(22(24)25)6-7-15(16)21-13/h2-8,10,19H,9H2,1H3,(H,18,23). The van der Waals surface area contributed by atoms with Crippen LogP contribution in [-0.4, -0.2) is 27.8 Å². The molecule has 0 aliphatic carbocycles. The quantitative estimate of drug-likeness (QED) is 0.547. The van der Waals surface area contributed by atoms with Gasteiger partial charge in [-0.1, -0.05) is 0 Å². The molecule has 0 saturated carbocycles. The molecule has 0 atom stereocenters. The van der Waals surface area contributed by atoms with E-state index in [1.54, 1.807) is 31.4 Å². The summed E-state index contributed by atoms with van der Waals surface area (Å²) < 4.78 is 0. The van der Waals surface area contributed by atoms with Crippen LogP contribution in [0.4, 0.5) is 11.4 Å². The Kier molecular flexibility index (Phi) is 4.51. The summed E-state index contributed by atoms with van der Waals surface area (Å²) in [5.74, 6) is -0.138. The minimum absolute atomic E-state index is 0.0103. The molecule has 1 heterocycles. The lowest BCUT2D eigenvalue weighted by Gasteiger charge is -2.07. The Bertz CT molecular complexity index is 941. The van der Waals surface area contributed by atoms with Crippen molar-refractivity contribution in [2.24, 2.45) is 0 Å². The van der Waals surface area contributed by atoms with Crippen LogP contribution in [0.3, 0.4) is 0 Å². The lowest BCUT2D eigenvalue weighted by Crippen LogP contribution is -2.17. The molecular weight excluding hydrogens is 322 g/mol. The monoisotopic (exact) mass is 337 g/mol. The Balaban J connectivity index is 1.71. The van der Waals surface area contributed by atoms with Crippen molar-refractivity contribution < 1.29 is 9.72 Å². The second-order valence-corrected chi connectivity index (χ2v) is 5.30. The molecule has 8 nitrogen and oxygen atoms in total. The van der Waals surface area contributed by atoms with Gasteiger partial charge >= 0.3 is 0 Å². The van der Waals surface area contributed by atoms with Crippen molar-refractivity contribution in [3.8, 4) is 0 Å². The Morgan fingerprint density at radius 2 is 1.92 bits per heavy atom. The Morgan fingerprint density at radius 3 is 2.60 bits per heavy atom. The molecule has 0 unspecified atom stereocenters. The normalized spacial score (nSPS) is 10.4. The molecule has 3 rings (SSSR count). The third-order valence-corrected chi connectivity index (χ3v) is 3.63. The number of non-ortho nitro benzene ring substituents is 1. The number of fused-ring (bicyclic) bond motifs is 1. The number of aromatic nitrogens is 2. The molecule has 126 valence electrons. The van der Waals surface area contributed by atoms with Crippen LogP contribution in [0, 0.1) is 10.1 Å². The van der Waals surface area contributed by atoms with Crippen LogP contribution < -0.4 is 10.6 Å². The molecule has 0 bridgehead atoms. The Hall–Kier alpha value is -3.55. The number of carbonyl (C=O) groups excluding carboxylic acids is 1. The minimum Gasteiger partial charge on any atom is -0.379 e. The zero-order valence-electron chi connectivity index (χ0n) is 13.4. The van der Waals surface area contributed by atoms with Gasteiger partial charge in [-0.05, 0) is 30.3 Å². The fraction of sp³-hybridized carbons (Fsp3) is 0.118. The summed E-state index contributed by atoms with van der Waals surface area (Å²) in [6, 6.07) is 11.5. The zero-order valence-corrected chi connectivity index (χ0v) is 13.4. The van der Waals surface area contributed by atoms with E-state index in [0.29, 0.717) is 28.8 Å². The van der Waals surface area contributed by atoms with Gasteiger partial charge in [0.15, 0.2) is 0 Å². The van der Waals surface area contributed by atoms with Gasteiger partial charge in [0.2, 0.25) is 0 Å². The molecule has 0 aliphatic rings. The van der Waals surface area contributed by atoms with E-state index in [-0.39, 0.29) is 11.6 Å². The molecule has 0 radical (unpaired) electrons. The lowest BCUT2D eigenvalue weighted by molar-refractivity contribution is -0.384. The number of amides is 1. The maximum atomic E-state index is 11.5. The van der Waals surface area contributed by atoms with E-state index < -0.39 is 4.92 Å². The molecule has 2 N–H and O–H groups in total. The number of nitro groups is 1. The SMILES string of the molecule is CNC(=O)c1ccc(NCc2cnc3cc([N+](=O)[O-])ccc3n2)cc1. The van der Waals surface area contributed by atoms with Crippen molar-refractivity contribution in [3.63, 3.8) is 0 Å². The summed E-state index contributed by atoms with van der Waals surface area (Å²) in [7, 11) is 1.58. The summed E-state index contributed by atoms with van der Waals surface area (Å²) in [6.45, 7) is 0.444. The van der Waals surface area contributed by atoms with Gasteiger partial charge in [-0.2, -0.15) is 0 Å². The first-order chi connectivity index (χ1) is 12.1. The number of benzene rings is 2. The van der Waals surface area contributed by atoms with Gasteiger partial charge in [0, 0.05) is 30.4 Å². The number of carbonyl (C=O) groups is 1. The molecule has 0 aliphatic heterocycles. The minimum atomic E-state index is -0.459. The molecule has 8 heteroatoms. The van der Waals surface area contributed by atoms with Crippen LogP contribution >= 0.6 is 0 Å². The first-order valence-electron chi connectivity index (χ1n) is 7.53. The first kappa shape index (κ1) is 16.3. The third kappa shape index (κ3) is 3.69. The number of hydrogen-bond acceptors (Lipinski definition) is 6. The maximum Gasteiger partial charge on any atom is 0.271 e. The fourth-order valence-electron chi connectivity index (χ4n) is 2.31. The Labute approximate surface area is 143 Å². The smallest absolute Gasteiger partial charge is 0.271 e. The van der Waals surface area contributed by atoms with Crippen LogP contribution in [0.5, 0.6) is 0 Å². The van der Waals surface area contributed by atoms with Crippen LogP contribution in [-0.2, 0) is 6.54 Å². The largest absolute Gasteiger partial charge is 0.379 e. The van der Waals surface area contributed by atoms with E-state index in [4.69, 9.17) is 0 Å². The van der Waals surface area contributed by atoms with Gasteiger partial charge in [-0.15, -0.1) is 0 Å². The Morgan fingerprint density at radius 1 is 1.16 bits per heavy atom. The van der Waals surface area contributed by atoms with E-state index in [2.05, 4.69) is 20.6 Å². The van der Waals surface area contributed by atoms with Crippen molar-refractivity contribution in [2.75, 3.05) is 12.4 Å². The second-order valence-electron chi connectivity index (χ2n) is 5.30. The van der Waals surface area contributed by atoms with Crippen LogP contribution in [0.25, 0.3) is 11.0 Å². The number of nitrogens with zero attached hydrogens (tertiary/aromatic N) is 3. The van der Waals surface area contributed by atoms with Crippen molar-refractivity contribution in [2.45, 2.75) is 6.54 Å². The summed E-state index contributed by atoms with van der Waals surface area (Å²) in [5, 5.41) is 16.5. The topological polar surface area (TPSA) is 110 Å². The molecule has 25 heavy (non-hydrogen) atoms. The van der Waals surface area contributed by atoms with E-state index in [1.165, 1.54) is 12.1 Å². The van der Waals surface area contributed by atoms with Crippen molar-refractivity contribution in [1.29, 1.82) is 0 Å². The zero-order chi connectivity index (χ0) is 17.8. The molecule has 2 aromatic carbocycles. The van der Waals surface area contributed by atoms with E-state index in [0.717, 1.165) is 5.69 Å². The second kappa shape index (κ2) is 6.91. The highest BCUT2D eigenvalue weighted by molar-refractivity contribution is 5.94. The number of nitro benzene ring substituents is 1. The van der Waals surface area contributed by atoms with Gasteiger partial charge in [0.1, 0.15) is 0 Å². The maximum absolute atomic E-state index is 11.5. The fourth-order valence-corrected chi connectivity index (χ4v) is 2.31. The summed E-state index contributed by atoms with van der Waals surface area (Å²) in [4.78, 5) is 30.5. The summed E-state index contributed by atoms with van der Waals surface area (Å²) in [6.07, 6.45) is 1.58. The van der Waals surface area contributed by atoms with E-state index >= 15 is 0 Å². The van der Waals surface area contributed by atoms with E-state index in [9.17, 15) is 14.9 Å². The molecule has 0 spiro atoms. The summed E-state index contributed by atoms with van der Waals surface area (Å²) in [5.41, 5.74) is 3.20. The highest BCUT2D eigenvalue weighted by atomic mass is 16.6. The highest BCUT2D eigenvalue weighted by Crippen LogP contribution is 2.18. The molecule has 1 aromatic heterocycles. The first-order valence-corrected chi connectivity index (χ1v) is 7.53. The van der Waals surface area contributed by atoms with Crippen molar-refractivity contribution in [1.82, 2.24) is 15.3 Å². The number of hydrogen-bond donors (Lipinski definition) is 2. The average molecular weight is 337 g/mol. The van der Waals surface area contributed by atoms with Gasteiger partial charge in [-0.3, -0.25) is 19.9 Å². The van der Waals surface area contributed by atoms with Crippen LogP contribution in [0.15, 0.2) is 48.7 Å². The number of rotatable bonds is 5.